The number of aliphatic hydroxyl groups excluding tert-OH is 1. The third-order valence-corrected chi connectivity index (χ3v) is 1.92. The van der Waals surface area contributed by atoms with Gasteiger partial charge < -0.3 is 9.84 Å². The lowest BCUT2D eigenvalue weighted by Gasteiger charge is -2.16. The summed E-state index contributed by atoms with van der Waals surface area (Å²) in [6.45, 7) is 10.3. The van der Waals surface area contributed by atoms with Crippen molar-refractivity contribution >= 4 is 5.97 Å². The molecule has 0 rings (SSSR count). The highest BCUT2D eigenvalue weighted by atomic mass is 16.5. The molecule has 0 spiro atoms. The lowest BCUT2D eigenvalue weighted by molar-refractivity contribution is -0.148. The maximum Gasteiger partial charge on any atom is 0.326 e. The molecule has 0 unspecified atom stereocenters. The highest BCUT2D eigenvalue weighted by Crippen LogP contribution is 2.19. The van der Waals surface area contributed by atoms with Crippen LogP contribution in [0, 0.1) is 18.4 Å². The molecule has 0 amide bonds. The van der Waals surface area contributed by atoms with Crippen molar-refractivity contribution in [3.8, 4) is 0 Å². The van der Waals surface area contributed by atoms with Gasteiger partial charge in [0.2, 0.25) is 0 Å². The first kappa shape index (κ1) is 11.9. The van der Waals surface area contributed by atoms with E-state index in [4.69, 9.17) is 11.7 Å². The third-order valence-electron chi connectivity index (χ3n) is 1.92. The van der Waals surface area contributed by atoms with Gasteiger partial charge >= 0.3 is 12.2 Å². The van der Waals surface area contributed by atoms with Crippen LogP contribution in [-0.4, -0.2) is 24.4 Å². The number of carbonyl (C=O) groups excluding carboxylic acids is 1. The molecule has 0 aromatic rings. The summed E-state index contributed by atoms with van der Waals surface area (Å²) in [6, 6.07) is 0. The van der Waals surface area contributed by atoms with Crippen LogP contribution in [0.5, 0.6) is 0 Å². The van der Waals surface area contributed by atoms with E-state index in [0.717, 1.165) is 0 Å². The molecule has 0 heterocycles. The predicted octanol–water partition coefficient (Wildman–Crippen LogP) is 1.06. The number of hydrogen-bond donors (Lipinski definition) is 1. The molecule has 74 valence electrons. The van der Waals surface area contributed by atoms with Crippen LogP contribution in [0.1, 0.15) is 20.3 Å². The van der Waals surface area contributed by atoms with Crippen LogP contribution >= 0.6 is 0 Å². The highest BCUT2D eigenvalue weighted by molar-refractivity contribution is 5.72. The van der Waals surface area contributed by atoms with E-state index >= 15 is 0 Å². The summed E-state index contributed by atoms with van der Waals surface area (Å²) in [5.74, 6) is -0.685. The summed E-state index contributed by atoms with van der Waals surface area (Å²) < 4.78 is 4.57. The lowest BCUT2D eigenvalue weighted by Crippen LogP contribution is -2.25. The van der Waals surface area contributed by atoms with Crippen LogP contribution in [0.2, 0.25) is 0 Å². The van der Waals surface area contributed by atoms with Gasteiger partial charge in [0, 0.05) is 0 Å². The molecule has 0 aromatic carbocycles. The van der Waals surface area contributed by atoms with Crippen LogP contribution in [0.4, 0.5) is 0 Å². The van der Waals surface area contributed by atoms with Crippen molar-refractivity contribution in [1.82, 2.24) is 0 Å². The second kappa shape index (κ2) is 5.55. The number of hydrogen-bond acceptors (Lipinski definition) is 3. The average molecular weight is 185 g/mol. The van der Waals surface area contributed by atoms with Gasteiger partial charge in [-0.1, -0.05) is 13.8 Å². The maximum absolute atomic E-state index is 11.2. The Balaban J connectivity index is 4.28. The SMILES string of the molecule is [C-]#[N+][C@@H](O)C[C@H](C(=O)OC)C(C)C. The topological polar surface area (TPSA) is 50.9 Å². The van der Waals surface area contributed by atoms with Gasteiger partial charge in [0.25, 0.3) is 0 Å². The van der Waals surface area contributed by atoms with Gasteiger partial charge in [-0.25, -0.2) is 6.57 Å². The molecule has 0 radical (unpaired) electrons. The highest BCUT2D eigenvalue weighted by Gasteiger charge is 2.27. The second-order valence-corrected chi connectivity index (χ2v) is 3.22. The Hall–Kier alpha value is -1.08. The van der Waals surface area contributed by atoms with Gasteiger partial charge in [-0.3, -0.25) is 9.64 Å². The number of aliphatic hydroxyl groups is 1. The molecule has 0 aliphatic rings. The molecule has 4 nitrogen and oxygen atoms in total. The second-order valence-electron chi connectivity index (χ2n) is 3.22. The average Bonchev–Trinajstić information content (AvgIpc) is 2.11. The van der Waals surface area contributed by atoms with Crippen LogP contribution in [-0.2, 0) is 9.53 Å². The summed E-state index contributed by atoms with van der Waals surface area (Å²) in [6.07, 6.45) is -0.958. The number of carbonyl (C=O) groups is 1. The molecule has 0 saturated carbocycles. The number of ether oxygens (including phenoxy) is 1. The van der Waals surface area contributed by atoms with Gasteiger partial charge in [0.15, 0.2) is 0 Å². The quantitative estimate of drug-likeness (QED) is 0.526. The van der Waals surface area contributed by atoms with E-state index in [1.54, 1.807) is 0 Å². The monoisotopic (exact) mass is 185 g/mol. The smallest absolute Gasteiger partial charge is 0.326 e. The molecular formula is C9H15NO3. The Labute approximate surface area is 78.3 Å². The Bertz CT molecular complexity index is 207. The number of rotatable bonds is 4. The van der Waals surface area contributed by atoms with E-state index in [1.165, 1.54) is 7.11 Å². The van der Waals surface area contributed by atoms with Crippen molar-refractivity contribution in [2.75, 3.05) is 7.11 Å². The van der Waals surface area contributed by atoms with Crippen molar-refractivity contribution in [3.05, 3.63) is 11.4 Å². The summed E-state index contributed by atoms with van der Waals surface area (Å²) >= 11 is 0. The van der Waals surface area contributed by atoms with Gasteiger partial charge in [0.05, 0.1) is 19.4 Å². The first-order chi connectivity index (χ1) is 6.02. The largest absolute Gasteiger partial charge is 0.469 e. The molecule has 0 bridgehead atoms. The third kappa shape index (κ3) is 3.90. The molecule has 0 fully saturated rings. The van der Waals surface area contributed by atoms with Crippen LogP contribution in [0.15, 0.2) is 0 Å². The minimum absolute atomic E-state index is 0.0730. The number of methoxy groups -OCH3 is 1. The summed E-state index contributed by atoms with van der Waals surface area (Å²) in [7, 11) is 1.31. The zero-order chi connectivity index (χ0) is 10.4. The Morgan fingerprint density at radius 3 is 2.46 bits per heavy atom. The van der Waals surface area contributed by atoms with Crippen molar-refractivity contribution < 1.29 is 14.6 Å². The molecule has 2 atom stereocenters. The van der Waals surface area contributed by atoms with Crippen LogP contribution in [0.25, 0.3) is 4.85 Å². The summed E-state index contributed by atoms with van der Waals surface area (Å²) in [5.41, 5.74) is 0. The van der Waals surface area contributed by atoms with Gasteiger partial charge in [0.1, 0.15) is 0 Å². The predicted molar refractivity (Wildman–Crippen MR) is 47.6 cm³/mol. The summed E-state index contributed by atoms with van der Waals surface area (Å²) in [5, 5.41) is 9.06. The first-order valence-electron chi connectivity index (χ1n) is 4.15. The number of esters is 1. The molecule has 0 aromatic heterocycles. The normalized spacial score (nSPS) is 14.8. The van der Waals surface area contributed by atoms with E-state index < -0.39 is 12.1 Å². The van der Waals surface area contributed by atoms with Gasteiger partial charge in [-0.15, -0.1) is 0 Å². The zero-order valence-corrected chi connectivity index (χ0v) is 8.15. The lowest BCUT2D eigenvalue weighted by atomic mass is 9.92. The first-order valence-corrected chi connectivity index (χ1v) is 4.15. The van der Waals surface area contributed by atoms with E-state index in [1.807, 2.05) is 13.8 Å². The number of nitrogens with zero attached hydrogens (tertiary/aromatic N) is 1. The Kier molecular flexibility index (Phi) is 5.09. The van der Waals surface area contributed by atoms with E-state index in [0.29, 0.717) is 0 Å². The molecule has 4 heteroatoms. The van der Waals surface area contributed by atoms with E-state index in [9.17, 15) is 4.79 Å². The fraction of sp³-hybridized carbons (Fsp3) is 0.778. The van der Waals surface area contributed by atoms with Gasteiger partial charge in [-0.2, -0.15) is 0 Å². The molecule has 0 saturated heterocycles. The summed E-state index contributed by atoms with van der Waals surface area (Å²) in [4.78, 5) is 14.1. The van der Waals surface area contributed by atoms with E-state index in [2.05, 4.69) is 9.58 Å². The standard InChI is InChI=1S/C9H15NO3/c1-6(2)7(9(12)13-4)5-8(11)10-3/h6-8,11H,5H2,1-2,4H3/t7-,8-/m0/s1. The minimum Gasteiger partial charge on any atom is -0.469 e. The van der Waals surface area contributed by atoms with Crippen molar-refractivity contribution in [2.24, 2.45) is 11.8 Å². The fourth-order valence-electron chi connectivity index (χ4n) is 1.07. The zero-order valence-electron chi connectivity index (χ0n) is 8.15. The fourth-order valence-corrected chi connectivity index (χ4v) is 1.07. The van der Waals surface area contributed by atoms with Crippen molar-refractivity contribution in [3.63, 3.8) is 0 Å². The van der Waals surface area contributed by atoms with Crippen molar-refractivity contribution in [1.29, 1.82) is 0 Å². The molecule has 1 N–H and O–H groups in total. The van der Waals surface area contributed by atoms with Crippen LogP contribution in [0.3, 0.4) is 0 Å². The maximum atomic E-state index is 11.2. The van der Waals surface area contributed by atoms with E-state index in [-0.39, 0.29) is 18.3 Å². The van der Waals surface area contributed by atoms with Crippen LogP contribution < -0.4 is 0 Å². The molecular weight excluding hydrogens is 170 g/mol. The molecule has 0 aliphatic carbocycles. The van der Waals surface area contributed by atoms with Crippen molar-refractivity contribution in [2.45, 2.75) is 26.5 Å². The molecule has 13 heavy (non-hydrogen) atoms. The minimum atomic E-state index is -1.11. The molecule has 0 aliphatic heterocycles. The Morgan fingerprint density at radius 2 is 2.15 bits per heavy atom. The Morgan fingerprint density at radius 1 is 1.62 bits per heavy atom. The van der Waals surface area contributed by atoms with Gasteiger partial charge in [-0.05, 0) is 5.92 Å².